The Labute approximate surface area is 295 Å². The molecule has 46 heavy (non-hydrogen) atoms. The van der Waals surface area contributed by atoms with Crippen LogP contribution in [0.5, 0.6) is 0 Å². The average Bonchev–Trinajstić information content (AvgIpc) is 3.54. The standard InChI is InChI=1S/2C18H18S.C2H7Si.2BrH.2ClH.Zr/c2*1-13-11-14-7-6-9-15(17(14)12-13)16-8-4-5-10-18(16)19(2)3;1-3-2;;;;;/h2*4-12H,1-3H3;3H,1-2H3;4*1H;/q2*+1;;;;;;+4/p-4. The van der Waals surface area contributed by atoms with Crippen LogP contribution in [0.1, 0.15) is 43.4 Å². The molecule has 0 N–H and O–H groups in total. The fourth-order valence-corrected chi connectivity index (χ4v) is 60.6. The Morgan fingerprint density at radius 1 is 0.565 bits per heavy atom. The number of rotatable bonds is 7. The maximum atomic E-state index is 8.83. The van der Waals surface area contributed by atoms with E-state index in [1.807, 2.05) is 0 Å². The maximum absolute atomic E-state index is 8.83. The third kappa shape index (κ3) is 5.04. The third-order valence-corrected chi connectivity index (χ3v) is 118. The zero-order valence-corrected chi connectivity index (χ0v) is 37.7. The van der Waals surface area contributed by atoms with Gasteiger partial charge in [-0.3, -0.25) is 0 Å². The second-order valence-electron chi connectivity index (χ2n) is 14.3. The van der Waals surface area contributed by atoms with E-state index < -0.39 is 13.8 Å². The van der Waals surface area contributed by atoms with Crippen molar-refractivity contribution < 1.29 is 7.89 Å². The van der Waals surface area contributed by atoms with Gasteiger partial charge in [0.25, 0.3) is 0 Å². The van der Waals surface area contributed by atoms with E-state index in [2.05, 4.69) is 173 Å². The van der Waals surface area contributed by atoms with Gasteiger partial charge in [-0.2, -0.15) is 0 Å². The van der Waals surface area contributed by atoms with Gasteiger partial charge in [0.2, 0.25) is 0 Å². The molecule has 2 aliphatic carbocycles. The minimum atomic E-state index is -6.35. The molecule has 8 heteroatoms. The van der Waals surface area contributed by atoms with Gasteiger partial charge in [0.15, 0.2) is 0 Å². The van der Waals surface area contributed by atoms with Crippen LogP contribution in [0.2, 0.25) is 13.1 Å². The van der Waals surface area contributed by atoms with Crippen molar-refractivity contribution in [3.8, 4) is 22.3 Å². The van der Waals surface area contributed by atoms with Crippen LogP contribution in [0, 0.1) is 0 Å². The summed E-state index contributed by atoms with van der Waals surface area (Å²) in [6.45, 7) is 9.18. The first-order valence-corrected chi connectivity index (χ1v) is 47.4. The van der Waals surface area contributed by atoms with Crippen molar-refractivity contribution in [1.29, 1.82) is 0 Å². The van der Waals surface area contributed by atoms with E-state index >= 15 is 0 Å². The normalized spacial score (nSPS) is 20.1. The second kappa shape index (κ2) is 11.1. The molecule has 6 rings (SSSR count). The van der Waals surface area contributed by atoms with E-state index in [1.165, 1.54) is 65.4 Å². The zero-order chi connectivity index (χ0) is 33.5. The average molecular weight is 914 g/mol. The molecule has 0 saturated carbocycles. The molecule has 241 valence electrons. The Morgan fingerprint density at radius 3 is 1.26 bits per heavy atom. The van der Waals surface area contributed by atoms with E-state index in [0.717, 1.165) is 0 Å². The van der Waals surface area contributed by atoms with Crippen molar-refractivity contribution in [3.63, 3.8) is 0 Å². The van der Waals surface area contributed by atoms with Gasteiger partial charge in [0.1, 0.15) is 0 Å². The summed E-state index contributed by atoms with van der Waals surface area (Å²) in [6.07, 6.45) is 13.9. The second-order valence-corrected chi connectivity index (χ2v) is 131. The SMILES string of the molecule is CC1=Cc2c(-c3ccccc3[S+](C)C)cccc2[CH]1[Zr]([Cl])([Cl])([Br])([Br])([CH]1C(C)=Cc2c(-c3ccccc3[S+](C)C)cccc21)[SiH](C)C. The molecule has 0 heterocycles. The van der Waals surface area contributed by atoms with Gasteiger partial charge in [-0.05, 0) is 0 Å². The summed E-state index contributed by atoms with van der Waals surface area (Å²) in [5.74, 6) is -2.00. The monoisotopic (exact) mass is 909 g/mol. The number of fused-ring (bicyclic) bond motifs is 2. The molecule has 0 fully saturated rings. The molecule has 0 spiro atoms. The van der Waals surface area contributed by atoms with E-state index in [-0.39, 0.29) is 29.0 Å². The molecule has 4 aromatic rings. The fraction of sp³-hybridized carbons (Fsp3) is 0.263. The third-order valence-electron chi connectivity index (χ3n) is 10.9. The summed E-state index contributed by atoms with van der Waals surface area (Å²) in [7, 11) is 11.5. The van der Waals surface area contributed by atoms with E-state index in [0.29, 0.717) is 0 Å². The number of allylic oxidation sites excluding steroid dienone is 2. The van der Waals surface area contributed by atoms with Crippen molar-refractivity contribution >= 4 is 81.3 Å². The van der Waals surface area contributed by atoms with Crippen LogP contribution in [0.3, 0.4) is 0 Å². The first kappa shape index (κ1) is 35.5. The predicted octanol–water partition coefficient (Wildman–Crippen LogP) is 12.8. The summed E-state index contributed by atoms with van der Waals surface area (Å²) >= 11 is 9.19. The van der Waals surface area contributed by atoms with E-state index in [4.69, 9.17) is 17.0 Å². The number of benzene rings is 4. The molecule has 2 atom stereocenters. The van der Waals surface area contributed by atoms with Gasteiger partial charge >= 0.3 is 299 Å². The predicted molar refractivity (Wildman–Crippen MR) is 220 cm³/mol. The van der Waals surface area contributed by atoms with Crippen LogP contribution < -0.4 is 0 Å². The summed E-state index contributed by atoms with van der Waals surface area (Å²) in [5.41, 5.74) is 12.5. The van der Waals surface area contributed by atoms with Gasteiger partial charge in [0, 0.05) is 0 Å². The molecular formula is C38H43Br2Cl2S2SiZr+2. The number of halogens is 4. The molecule has 0 nitrogen and oxygen atoms in total. The molecule has 0 aliphatic heterocycles. The summed E-state index contributed by atoms with van der Waals surface area (Å²) in [6, 6.07) is 31.2. The Bertz CT molecular complexity index is 1870. The van der Waals surface area contributed by atoms with Crippen molar-refractivity contribution in [2.75, 3.05) is 25.0 Å². The molecule has 0 aromatic heterocycles. The fourth-order valence-electron chi connectivity index (χ4n) is 8.54. The Balaban J connectivity index is 1.64. The van der Waals surface area contributed by atoms with Crippen LogP contribution >= 0.6 is 41.5 Å². The van der Waals surface area contributed by atoms with Gasteiger partial charge in [-0.25, -0.2) is 0 Å². The molecule has 0 radical (unpaired) electrons. The molecule has 4 aromatic carbocycles. The van der Waals surface area contributed by atoms with Crippen LogP contribution in [-0.2, 0) is 29.7 Å². The van der Waals surface area contributed by atoms with Gasteiger partial charge in [0.05, 0.1) is 0 Å². The summed E-state index contributed by atoms with van der Waals surface area (Å²) in [4.78, 5) is 2.76. The Morgan fingerprint density at radius 2 is 0.913 bits per heavy atom. The molecule has 0 bridgehead atoms. The van der Waals surface area contributed by atoms with Crippen LogP contribution in [0.25, 0.3) is 34.4 Å². The molecule has 0 saturated heterocycles. The van der Waals surface area contributed by atoms with E-state index in [1.54, 1.807) is 0 Å². The van der Waals surface area contributed by atoms with Crippen molar-refractivity contribution in [1.82, 2.24) is 0 Å². The molecular weight excluding hydrogens is 871 g/mol. The van der Waals surface area contributed by atoms with E-state index in [9.17, 15) is 0 Å². The van der Waals surface area contributed by atoms with Crippen LogP contribution in [0.15, 0.2) is 106 Å². The van der Waals surface area contributed by atoms with Gasteiger partial charge in [-0.1, -0.05) is 0 Å². The molecule has 2 unspecified atom stereocenters. The zero-order valence-electron chi connectivity index (χ0n) is 27.8. The summed E-state index contributed by atoms with van der Waals surface area (Å²) in [5, 5.41) is 0. The summed E-state index contributed by atoms with van der Waals surface area (Å²) < 4.78 is -0.384. The molecule has 0 amide bonds. The minimum absolute atomic E-state index is 0.112. The van der Waals surface area contributed by atoms with Crippen LogP contribution in [0.4, 0.5) is 0 Å². The quantitative estimate of drug-likeness (QED) is 0.128. The first-order chi connectivity index (χ1) is 21.4. The van der Waals surface area contributed by atoms with Gasteiger partial charge in [-0.15, -0.1) is 0 Å². The van der Waals surface area contributed by atoms with Crippen molar-refractivity contribution in [3.05, 3.63) is 118 Å². The Hall–Kier alpha value is -0.300. The Kier molecular flexibility index (Phi) is 8.57. The van der Waals surface area contributed by atoms with Gasteiger partial charge < -0.3 is 0 Å². The first-order valence-electron chi connectivity index (χ1n) is 15.8. The topological polar surface area (TPSA) is 0 Å². The molecule has 2 aliphatic rings. The van der Waals surface area contributed by atoms with Crippen molar-refractivity contribution in [2.45, 2.75) is 44.0 Å². The van der Waals surface area contributed by atoms with Crippen LogP contribution in [-0.4, -0.2) is 30.9 Å². The number of hydrogen-bond acceptors (Lipinski definition) is 0. The van der Waals surface area contributed by atoms with Crippen molar-refractivity contribution in [2.24, 2.45) is 0 Å². The number of hydrogen-bond donors (Lipinski definition) is 0.